The molecule has 2 saturated heterocycles. The first-order valence-electron chi connectivity index (χ1n) is 9.17. The van der Waals surface area contributed by atoms with E-state index in [1.54, 1.807) is 12.7 Å². The lowest BCUT2D eigenvalue weighted by Gasteiger charge is -2.34. The van der Waals surface area contributed by atoms with Gasteiger partial charge in [-0.15, -0.1) is 0 Å². The standard InChI is InChI=1S/C17H27N5O/c23-17(16-8-14-5-1-2-6-15(14)20-16)21-7-3-4-13(9-21)10-22-12-18-11-19-22/h11-16,20H,1-10H2/t13-,14-,15-,16-/m0/s1. The van der Waals surface area contributed by atoms with Gasteiger partial charge < -0.3 is 10.2 Å². The molecule has 1 saturated carbocycles. The smallest absolute Gasteiger partial charge is 0.239 e. The molecular formula is C17H27N5O. The summed E-state index contributed by atoms with van der Waals surface area (Å²) in [4.78, 5) is 19.0. The quantitative estimate of drug-likeness (QED) is 0.916. The molecule has 6 heteroatoms. The zero-order valence-corrected chi connectivity index (χ0v) is 13.7. The van der Waals surface area contributed by atoms with Crippen molar-refractivity contribution in [3.63, 3.8) is 0 Å². The van der Waals surface area contributed by atoms with E-state index < -0.39 is 0 Å². The largest absolute Gasteiger partial charge is 0.341 e. The second-order valence-corrected chi connectivity index (χ2v) is 7.52. The lowest BCUT2D eigenvalue weighted by Crippen LogP contribution is -2.49. The highest BCUT2D eigenvalue weighted by Crippen LogP contribution is 2.34. The van der Waals surface area contributed by atoms with Crippen molar-refractivity contribution in [1.82, 2.24) is 25.0 Å². The zero-order valence-electron chi connectivity index (χ0n) is 13.7. The Bertz CT molecular complexity index is 517. The second kappa shape index (κ2) is 6.59. The average Bonchev–Trinajstić information content (AvgIpc) is 3.23. The van der Waals surface area contributed by atoms with Crippen molar-refractivity contribution in [2.24, 2.45) is 11.8 Å². The van der Waals surface area contributed by atoms with Crippen LogP contribution in [0.2, 0.25) is 0 Å². The van der Waals surface area contributed by atoms with Crippen LogP contribution in [0.1, 0.15) is 44.9 Å². The second-order valence-electron chi connectivity index (χ2n) is 7.52. The molecule has 126 valence electrons. The van der Waals surface area contributed by atoms with Gasteiger partial charge in [0, 0.05) is 25.7 Å². The highest BCUT2D eigenvalue weighted by molar-refractivity contribution is 5.82. The van der Waals surface area contributed by atoms with Gasteiger partial charge in [0.2, 0.25) is 5.91 Å². The Morgan fingerprint density at radius 2 is 2.13 bits per heavy atom. The average molecular weight is 317 g/mol. The maximum atomic E-state index is 12.9. The fourth-order valence-electron chi connectivity index (χ4n) is 4.74. The third-order valence-corrected chi connectivity index (χ3v) is 5.90. The predicted octanol–water partition coefficient (Wildman–Crippen LogP) is 1.44. The van der Waals surface area contributed by atoms with Crippen LogP contribution in [0.4, 0.5) is 0 Å². The number of carbonyl (C=O) groups is 1. The van der Waals surface area contributed by atoms with Crippen molar-refractivity contribution in [3.8, 4) is 0 Å². The molecule has 0 radical (unpaired) electrons. The number of carbonyl (C=O) groups excluding carboxylic acids is 1. The summed E-state index contributed by atoms with van der Waals surface area (Å²) in [6, 6.07) is 0.654. The zero-order chi connectivity index (χ0) is 15.6. The Morgan fingerprint density at radius 3 is 2.96 bits per heavy atom. The number of rotatable bonds is 3. The first-order valence-corrected chi connectivity index (χ1v) is 9.17. The molecule has 3 aliphatic rings. The van der Waals surface area contributed by atoms with E-state index in [2.05, 4.69) is 20.3 Å². The van der Waals surface area contributed by atoms with Crippen LogP contribution in [0, 0.1) is 11.8 Å². The van der Waals surface area contributed by atoms with Crippen LogP contribution in [0.25, 0.3) is 0 Å². The maximum Gasteiger partial charge on any atom is 0.239 e. The van der Waals surface area contributed by atoms with Crippen LogP contribution < -0.4 is 5.32 Å². The summed E-state index contributed by atoms with van der Waals surface area (Å²) >= 11 is 0. The number of hydrogen-bond donors (Lipinski definition) is 1. The van der Waals surface area contributed by atoms with Gasteiger partial charge >= 0.3 is 0 Å². The molecule has 1 aromatic rings. The molecule has 4 rings (SSSR count). The molecule has 6 nitrogen and oxygen atoms in total. The minimum absolute atomic E-state index is 0.0632. The molecule has 1 amide bonds. The Balaban J connectivity index is 1.34. The van der Waals surface area contributed by atoms with E-state index >= 15 is 0 Å². The molecule has 0 bridgehead atoms. The summed E-state index contributed by atoms with van der Waals surface area (Å²) in [5, 5.41) is 7.83. The van der Waals surface area contributed by atoms with E-state index in [-0.39, 0.29) is 6.04 Å². The summed E-state index contributed by atoms with van der Waals surface area (Å²) in [6.07, 6.45) is 11.9. The lowest BCUT2D eigenvalue weighted by atomic mass is 9.85. The Labute approximate surface area is 137 Å². The van der Waals surface area contributed by atoms with Crippen LogP contribution in [0.5, 0.6) is 0 Å². The Kier molecular flexibility index (Phi) is 4.33. The number of piperidine rings is 1. The van der Waals surface area contributed by atoms with Gasteiger partial charge in [0.05, 0.1) is 6.04 Å². The number of amides is 1. The molecule has 23 heavy (non-hydrogen) atoms. The number of nitrogens with one attached hydrogen (secondary N) is 1. The minimum Gasteiger partial charge on any atom is -0.341 e. The van der Waals surface area contributed by atoms with Crippen molar-refractivity contribution < 1.29 is 4.79 Å². The number of likely N-dealkylation sites (tertiary alicyclic amines) is 1. The number of fused-ring (bicyclic) bond motifs is 1. The molecule has 3 fully saturated rings. The first-order chi connectivity index (χ1) is 11.3. The monoisotopic (exact) mass is 317 g/mol. The molecule has 1 N–H and O–H groups in total. The molecule has 0 spiro atoms. The van der Waals surface area contributed by atoms with Crippen molar-refractivity contribution in [2.45, 2.75) is 63.6 Å². The normalized spacial score (nSPS) is 34.3. The van der Waals surface area contributed by atoms with E-state index in [9.17, 15) is 4.79 Å². The third kappa shape index (κ3) is 3.27. The van der Waals surface area contributed by atoms with Crippen molar-refractivity contribution in [3.05, 3.63) is 12.7 Å². The SMILES string of the molecule is O=C([C@@H]1C[C@@H]2CCCC[C@@H]2N1)N1CCC[C@H](Cn2cncn2)C1. The van der Waals surface area contributed by atoms with Crippen LogP contribution in [-0.4, -0.2) is 50.7 Å². The van der Waals surface area contributed by atoms with Crippen molar-refractivity contribution in [1.29, 1.82) is 0 Å². The van der Waals surface area contributed by atoms with Crippen LogP contribution in [0.15, 0.2) is 12.7 Å². The van der Waals surface area contributed by atoms with Crippen LogP contribution >= 0.6 is 0 Å². The van der Waals surface area contributed by atoms with Gasteiger partial charge in [0.25, 0.3) is 0 Å². The molecule has 0 unspecified atom stereocenters. The lowest BCUT2D eigenvalue weighted by molar-refractivity contribution is -0.135. The number of nitrogens with zero attached hydrogens (tertiary/aromatic N) is 4. The highest BCUT2D eigenvalue weighted by Gasteiger charge is 2.40. The Hall–Kier alpha value is -1.43. The van der Waals surface area contributed by atoms with E-state index in [1.165, 1.54) is 32.1 Å². The van der Waals surface area contributed by atoms with Crippen molar-refractivity contribution >= 4 is 5.91 Å². The predicted molar refractivity (Wildman–Crippen MR) is 86.6 cm³/mol. The number of aromatic nitrogens is 3. The summed E-state index contributed by atoms with van der Waals surface area (Å²) in [5.74, 6) is 1.56. The summed E-state index contributed by atoms with van der Waals surface area (Å²) in [6.45, 7) is 2.65. The molecule has 1 aromatic heterocycles. The molecule has 4 atom stereocenters. The van der Waals surface area contributed by atoms with Gasteiger partial charge in [-0.25, -0.2) is 4.98 Å². The maximum absolute atomic E-state index is 12.9. The number of hydrogen-bond acceptors (Lipinski definition) is 4. The topological polar surface area (TPSA) is 63.1 Å². The van der Waals surface area contributed by atoms with Gasteiger partial charge in [-0.2, -0.15) is 5.10 Å². The van der Waals surface area contributed by atoms with E-state index in [0.717, 1.165) is 38.4 Å². The molecular weight excluding hydrogens is 290 g/mol. The van der Waals surface area contributed by atoms with Crippen molar-refractivity contribution in [2.75, 3.05) is 13.1 Å². The van der Waals surface area contributed by atoms with Gasteiger partial charge in [0.15, 0.2) is 0 Å². The fourth-order valence-corrected chi connectivity index (χ4v) is 4.74. The molecule has 3 heterocycles. The van der Waals surface area contributed by atoms with Gasteiger partial charge in [0.1, 0.15) is 12.7 Å². The molecule has 1 aliphatic carbocycles. The van der Waals surface area contributed by atoms with Gasteiger partial charge in [-0.05, 0) is 43.9 Å². The summed E-state index contributed by atoms with van der Waals surface area (Å²) < 4.78 is 1.89. The highest BCUT2D eigenvalue weighted by atomic mass is 16.2. The first kappa shape index (κ1) is 15.1. The summed E-state index contributed by atoms with van der Waals surface area (Å²) in [5.41, 5.74) is 0. The molecule has 0 aromatic carbocycles. The molecule has 2 aliphatic heterocycles. The summed E-state index contributed by atoms with van der Waals surface area (Å²) in [7, 11) is 0. The fraction of sp³-hybridized carbons (Fsp3) is 0.824. The van der Waals surface area contributed by atoms with E-state index in [4.69, 9.17) is 0 Å². The van der Waals surface area contributed by atoms with Crippen LogP contribution in [0.3, 0.4) is 0 Å². The van der Waals surface area contributed by atoms with Gasteiger partial charge in [-0.3, -0.25) is 9.48 Å². The van der Waals surface area contributed by atoms with Gasteiger partial charge in [-0.1, -0.05) is 12.8 Å². The van der Waals surface area contributed by atoms with Crippen LogP contribution in [-0.2, 0) is 11.3 Å². The third-order valence-electron chi connectivity index (χ3n) is 5.90. The van der Waals surface area contributed by atoms with E-state index in [0.29, 0.717) is 17.9 Å². The minimum atomic E-state index is 0.0632. The van der Waals surface area contributed by atoms with E-state index in [1.807, 2.05) is 4.68 Å². The Morgan fingerprint density at radius 1 is 1.22 bits per heavy atom.